The molecule has 4 heterocycles. The number of hydrogen-bond donors (Lipinski definition) is 0. The van der Waals surface area contributed by atoms with Crippen LogP contribution in [-0.4, -0.2) is 67.2 Å². The molecule has 6 rings (SSSR count). The predicted molar refractivity (Wildman–Crippen MR) is 148 cm³/mol. The number of fused-ring (bicyclic) bond motifs is 2. The Balaban J connectivity index is 1.26. The largest absolute Gasteiger partial charge is 0.486 e. The highest BCUT2D eigenvalue weighted by atomic mass is 32.1. The highest BCUT2D eigenvalue weighted by Gasteiger charge is 2.26. The third-order valence-electron chi connectivity index (χ3n) is 6.62. The summed E-state index contributed by atoms with van der Waals surface area (Å²) in [6, 6.07) is 15.5. The third-order valence-corrected chi connectivity index (χ3v) is 7.52. The Morgan fingerprint density at radius 3 is 2.63 bits per heavy atom. The van der Waals surface area contributed by atoms with Crippen molar-refractivity contribution in [2.24, 2.45) is 0 Å². The normalized spacial score (nSPS) is 15.6. The number of anilines is 2. The lowest BCUT2D eigenvalue weighted by Gasteiger charge is -2.34. The van der Waals surface area contributed by atoms with Gasteiger partial charge in [-0.1, -0.05) is 12.6 Å². The highest BCUT2D eigenvalue weighted by Crippen LogP contribution is 2.43. The first-order valence-electron chi connectivity index (χ1n) is 12.4. The lowest BCUT2D eigenvalue weighted by Crippen LogP contribution is -2.44. The number of hydrogen-bond acceptors (Lipinski definition) is 9. The molecular formula is C28H27N5O4S. The number of carbonyl (C=O) groups is 1. The van der Waals surface area contributed by atoms with Gasteiger partial charge < -0.3 is 28.9 Å². The number of carbonyl (C=O) groups excluding carboxylic acids is 1. The van der Waals surface area contributed by atoms with E-state index >= 15 is 0 Å². The van der Waals surface area contributed by atoms with Crippen molar-refractivity contribution in [2.45, 2.75) is 0 Å². The van der Waals surface area contributed by atoms with Crippen LogP contribution in [0.15, 0.2) is 66.6 Å². The number of para-hydroxylation sites is 1. The van der Waals surface area contributed by atoms with Gasteiger partial charge in [-0.25, -0.2) is 0 Å². The van der Waals surface area contributed by atoms with Crippen LogP contribution in [0.5, 0.6) is 29.1 Å². The van der Waals surface area contributed by atoms with Crippen molar-refractivity contribution in [3.05, 3.63) is 66.6 Å². The molecule has 2 aromatic carbocycles. The average Bonchev–Trinajstić information content (AvgIpc) is 3.42. The Kier molecular flexibility index (Phi) is 6.57. The van der Waals surface area contributed by atoms with Crippen molar-refractivity contribution in [1.82, 2.24) is 14.9 Å². The summed E-state index contributed by atoms with van der Waals surface area (Å²) in [5.74, 6) is 1.75. The monoisotopic (exact) mass is 529 g/mol. The fraction of sp³-hybridized carbons (Fsp3) is 0.250. The van der Waals surface area contributed by atoms with E-state index in [1.807, 2.05) is 35.7 Å². The molecule has 38 heavy (non-hydrogen) atoms. The second-order valence-electron chi connectivity index (χ2n) is 9.08. The smallest absolute Gasteiger partial charge is 0.325 e. The zero-order valence-corrected chi connectivity index (χ0v) is 21.8. The van der Waals surface area contributed by atoms with E-state index < -0.39 is 0 Å². The first-order chi connectivity index (χ1) is 18.6. The van der Waals surface area contributed by atoms with Crippen LogP contribution < -0.4 is 24.0 Å². The minimum absolute atomic E-state index is 0.187. The first-order valence-corrected chi connectivity index (χ1v) is 13.3. The van der Waals surface area contributed by atoms with Crippen LogP contribution in [0.2, 0.25) is 0 Å². The minimum Gasteiger partial charge on any atom is -0.486 e. The van der Waals surface area contributed by atoms with E-state index in [1.54, 1.807) is 11.0 Å². The molecule has 1 fully saturated rings. The molecule has 2 aliphatic rings. The van der Waals surface area contributed by atoms with Crippen LogP contribution in [0.25, 0.3) is 10.2 Å². The van der Waals surface area contributed by atoms with Crippen LogP contribution in [0.3, 0.4) is 0 Å². The topological polar surface area (TPSA) is 80.3 Å². The summed E-state index contributed by atoms with van der Waals surface area (Å²) in [6.07, 6.45) is 1.30. The van der Waals surface area contributed by atoms with Crippen molar-refractivity contribution in [2.75, 3.05) is 56.2 Å². The van der Waals surface area contributed by atoms with Crippen molar-refractivity contribution in [3.63, 3.8) is 0 Å². The SMILES string of the molecule is C=CC(=O)N1CCOc2c(Oc3nc(Oc4ccc(N5CCN(C)CC5)cc4)nc4ccsc34)cccc21. The number of rotatable bonds is 6. The van der Waals surface area contributed by atoms with Gasteiger partial charge in [0.15, 0.2) is 11.5 Å². The number of nitrogens with zero attached hydrogens (tertiary/aromatic N) is 5. The number of aromatic nitrogens is 2. The zero-order chi connectivity index (χ0) is 26.1. The average molecular weight is 530 g/mol. The molecule has 1 amide bonds. The number of ether oxygens (including phenoxy) is 3. The van der Waals surface area contributed by atoms with Crippen LogP contribution in [0.4, 0.5) is 11.4 Å². The Morgan fingerprint density at radius 2 is 1.84 bits per heavy atom. The minimum atomic E-state index is -0.191. The molecule has 2 aromatic heterocycles. The quantitative estimate of drug-likeness (QED) is 0.325. The van der Waals surface area contributed by atoms with Crippen LogP contribution >= 0.6 is 11.3 Å². The molecule has 1 saturated heterocycles. The summed E-state index contributed by atoms with van der Waals surface area (Å²) in [7, 11) is 2.15. The van der Waals surface area contributed by atoms with Gasteiger partial charge in [0.2, 0.25) is 5.88 Å². The van der Waals surface area contributed by atoms with Gasteiger partial charge in [-0.15, -0.1) is 11.3 Å². The van der Waals surface area contributed by atoms with E-state index in [9.17, 15) is 4.79 Å². The molecule has 0 unspecified atom stereocenters. The van der Waals surface area contributed by atoms with E-state index in [-0.39, 0.29) is 11.9 Å². The second-order valence-corrected chi connectivity index (χ2v) is 10.00. The van der Waals surface area contributed by atoms with Crippen LogP contribution in [0, 0.1) is 0 Å². The summed E-state index contributed by atoms with van der Waals surface area (Å²) < 4.78 is 19.0. The van der Waals surface area contributed by atoms with Gasteiger partial charge in [-0.2, -0.15) is 9.97 Å². The number of likely N-dealkylation sites (N-methyl/N-ethyl adjacent to an activating group) is 1. The number of amides is 1. The van der Waals surface area contributed by atoms with Gasteiger partial charge >= 0.3 is 6.01 Å². The summed E-state index contributed by atoms with van der Waals surface area (Å²) in [6.45, 7) is 8.50. The molecule has 9 nitrogen and oxygen atoms in total. The second kappa shape index (κ2) is 10.3. The lowest BCUT2D eigenvalue weighted by molar-refractivity contribution is -0.114. The Labute approximate surface area is 224 Å². The molecular weight excluding hydrogens is 502 g/mol. The Hall–Kier alpha value is -4.15. The number of thiophene rings is 1. The highest BCUT2D eigenvalue weighted by molar-refractivity contribution is 7.17. The van der Waals surface area contributed by atoms with Crippen molar-refractivity contribution in [1.29, 1.82) is 0 Å². The molecule has 0 saturated carbocycles. The van der Waals surface area contributed by atoms with E-state index in [1.165, 1.54) is 23.1 Å². The maximum atomic E-state index is 12.4. The van der Waals surface area contributed by atoms with Gasteiger partial charge in [0, 0.05) is 31.9 Å². The summed E-state index contributed by atoms with van der Waals surface area (Å²) in [5, 5.41) is 1.93. The molecule has 0 aliphatic carbocycles. The van der Waals surface area contributed by atoms with E-state index in [4.69, 9.17) is 14.2 Å². The molecule has 194 valence electrons. The zero-order valence-electron chi connectivity index (χ0n) is 21.0. The van der Waals surface area contributed by atoms with Crippen molar-refractivity contribution < 1.29 is 19.0 Å². The van der Waals surface area contributed by atoms with E-state index in [2.05, 4.69) is 45.5 Å². The van der Waals surface area contributed by atoms with Crippen molar-refractivity contribution in [3.8, 4) is 29.1 Å². The lowest BCUT2D eigenvalue weighted by atomic mass is 10.2. The third kappa shape index (κ3) is 4.75. The standard InChI is InChI=1S/C28H27N5O4S/c1-3-24(34)33-16-17-35-25-22(33)5-4-6-23(25)37-27-26-21(11-18-38-26)29-28(30-27)36-20-9-7-19(8-10-20)32-14-12-31(2)13-15-32/h3-11,18H,1,12-17H2,2H3. The maximum absolute atomic E-state index is 12.4. The number of benzene rings is 2. The summed E-state index contributed by atoms with van der Waals surface area (Å²) in [4.78, 5) is 27.8. The van der Waals surface area contributed by atoms with Crippen LogP contribution in [-0.2, 0) is 4.79 Å². The fourth-order valence-corrected chi connectivity index (χ4v) is 5.33. The molecule has 10 heteroatoms. The van der Waals surface area contributed by atoms with Gasteiger partial charge in [0.25, 0.3) is 5.91 Å². The van der Waals surface area contributed by atoms with E-state index in [0.717, 1.165) is 36.4 Å². The molecule has 2 aliphatic heterocycles. The summed E-state index contributed by atoms with van der Waals surface area (Å²) >= 11 is 1.48. The van der Waals surface area contributed by atoms with Gasteiger partial charge in [-0.05, 0) is 61.0 Å². The molecule has 0 atom stereocenters. The Bertz CT molecular complexity index is 1480. The molecule has 0 radical (unpaired) electrons. The maximum Gasteiger partial charge on any atom is 0.325 e. The first kappa shape index (κ1) is 24.2. The van der Waals surface area contributed by atoms with E-state index in [0.29, 0.717) is 42.0 Å². The van der Waals surface area contributed by atoms with Crippen LogP contribution in [0.1, 0.15) is 0 Å². The van der Waals surface area contributed by atoms with Crippen molar-refractivity contribution >= 4 is 38.8 Å². The molecule has 0 N–H and O–H groups in total. The molecule has 0 spiro atoms. The predicted octanol–water partition coefficient (Wildman–Crippen LogP) is 4.94. The van der Waals surface area contributed by atoms with Gasteiger partial charge in [-0.3, -0.25) is 4.79 Å². The van der Waals surface area contributed by atoms with Gasteiger partial charge in [0.1, 0.15) is 17.1 Å². The summed E-state index contributed by atoms with van der Waals surface area (Å²) in [5.41, 5.74) is 2.52. The van der Waals surface area contributed by atoms with Gasteiger partial charge in [0.05, 0.1) is 17.7 Å². The number of piperazine rings is 1. The fourth-order valence-electron chi connectivity index (χ4n) is 4.57. The molecule has 4 aromatic rings. The Morgan fingerprint density at radius 1 is 1.03 bits per heavy atom. The molecule has 0 bridgehead atoms.